The lowest BCUT2D eigenvalue weighted by molar-refractivity contribution is 0.624. The maximum Gasteiger partial charge on any atom is 0.152 e. The van der Waals surface area contributed by atoms with Crippen LogP contribution in [0.5, 0.6) is 0 Å². The van der Waals surface area contributed by atoms with Gasteiger partial charge in [-0.2, -0.15) is 0 Å². The molecule has 0 aromatic carbocycles. The third-order valence-electron chi connectivity index (χ3n) is 2.07. The summed E-state index contributed by atoms with van der Waals surface area (Å²) in [5, 5.41) is 3.04. The zero-order chi connectivity index (χ0) is 11.4. The second kappa shape index (κ2) is 4.65. The van der Waals surface area contributed by atoms with Crippen molar-refractivity contribution >= 4 is 5.82 Å². The monoisotopic (exact) mass is 218 g/mol. The Bertz CT molecular complexity index is 487. The number of halogens is 1. The Hall–Kier alpha value is -2.04. The summed E-state index contributed by atoms with van der Waals surface area (Å²) >= 11 is 0. The molecule has 5 heteroatoms. The van der Waals surface area contributed by atoms with Gasteiger partial charge in [0.2, 0.25) is 0 Å². The van der Waals surface area contributed by atoms with E-state index < -0.39 is 5.82 Å². The van der Waals surface area contributed by atoms with E-state index in [9.17, 15) is 4.39 Å². The van der Waals surface area contributed by atoms with Crippen LogP contribution >= 0.6 is 0 Å². The second-order valence-corrected chi connectivity index (χ2v) is 3.14. The van der Waals surface area contributed by atoms with Crippen LogP contribution in [0, 0.1) is 5.82 Å². The van der Waals surface area contributed by atoms with E-state index in [0.717, 1.165) is 0 Å². The summed E-state index contributed by atoms with van der Waals surface area (Å²) in [5.74, 6) is 0.178. The molecule has 0 bridgehead atoms. The smallest absolute Gasteiger partial charge is 0.152 e. The van der Waals surface area contributed by atoms with E-state index >= 15 is 0 Å². The third-order valence-corrected chi connectivity index (χ3v) is 2.07. The molecular weight excluding hydrogens is 207 g/mol. The minimum Gasteiger partial charge on any atom is -0.369 e. The van der Waals surface area contributed by atoms with Gasteiger partial charge in [-0.05, 0) is 13.0 Å². The first-order chi connectivity index (χ1) is 7.83. The van der Waals surface area contributed by atoms with Gasteiger partial charge in [0.05, 0.1) is 6.20 Å². The summed E-state index contributed by atoms with van der Waals surface area (Å²) < 4.78 is 13.5. The Morgan fingerprint density at radius 1 is 1.25 bits per heavy atom. The fourth-order valence-electron chi connectivity index (χ4n) is 1.40. The highest BCUT2D eigenvalue weighted by molar-refractivity contribution is 5.71. The van der Waals surface area contributed by atoms with Crippen molar-refractivity contribution < 1.29 is 4.39 Å². The summed E-state index contributed by atoms with van der Waals surface area (Å²) in [4.78, 5) is 12.0. The minimum atomic E-state index is -0.401. The fraction of sp³-hybridized carbons (Fsp3) is 0.182. The fourth-order valence-corrected chi connectivity index (χ4v) is 1.40. The van der Waals surface area contributed by atoms with Crippen LogP contribution in [0.2, 0.25) is 0 Å². The molecule has 2 heterocycles. The average molecular weight is 218 g/mol. The molecule has 0 amide bonds. The summed E-state index contributed by atoms with van der Waals surface area (Å²) in [6, 6.07) is 1.58. The van der Waals surface area contributed by atoms with Gasteiger partial charge in [0.25, 0.3) is 0 Å². The standard InChI is InChI=1S/C11H11FN4/c1-2-14-11-10(15-5-6-16-11)8-3-4-13-7-9(8)12/h3-7H,2H2,1H3,(H,14,16). The van der Waals surface area contributed by atoms with Crippen LogP contribution in [0.15, 0.2) is 30.9 Å². The molecular formula is C11H11FN4. The molecule has 0 unspecified atom stereocenters. The normalized spacial score (nSPS) is 10.1. The molecule has 0 aliphatic heterocycles. The number of rotatable bonds is 3. The molecule has 0 saturated carbocycles. The van der Waals surface area contributed by atoms with Crippen molar-refractivity contribution in [2.24, 2.45) is 0 Å². The Morgan fingerprint density at radius 2 is 2.06 bits per heavy atom. The highest BCUT2D eigenvalue weighted by Gasteiger charge is 2.11. The highest BCUT2D eigenvalue weighted by Crippen LogP contribution is 2.24. The van der Waals surface area contributed by atoms with Crippen LogP contribution in [0.3, 0.4) is 0 Å². The summed E-state index contributed by atoms with van der Waals surface area (Å²) in [5.41, 5.74) is 0.906. The number of nitrogens with one attached hydrogen (secondary N) is 1. The SMILES string of the molecule is CCNc1nccnc1-c1ccncc1F. The van der Waals surface area contributed by atoms with Gasteiger partial charge in [0.1, 0.15) is 5.69 Å². The average Bonchev–Trinajstić information content (AvgIpc) is 2.31. The van der Waals surface area contributed by atoms with Crippen molar-refractivity contribution in [3.05, 3.63) is 36.7 Å². The van der Waals surface area contributed by atoms with Crippen molar-refractivity contribution in [1.29, 1.82) is 0 Å². The molecule has 0 aliphatic carbocycles. The van der Waals surface area contributed by atoms with E-state index in [0.29, 0.717) is 23.6 Å². The molecule has 0 spiro atoms. The maximum atomic E-state index is 13.5. The molecule has 2 rings (SSSR count). The van der Waals surface area contributed by atoms with Gasteiger partial charge < -0.3 is 5.32 Å². The van der Waals surface area contributed by atoms with E-state index in [1.165, 1.54) is 18.6 Å². The van der Waals surface area contributed by atoms with Crippen molar-refractivity contribution in [2.45, 2.75) is 6.92 Å². The van der Waals surface area contributed by atoms with Crippen molar-refractivity contribution in [3.8, 4) is 11.3 Å². The van der Waals surface area contributed by atoms with Crippen LogP contribution in [0.25, 0.3) is 11.3 Å². The Balaban J connectivity index is 2.51. The van der Waals surface area contributed by atoms with Crippen LogP contribution in [0.4, 0.5) is 10.2 Å². The lowest BCUT2D eigenvalue weighted by atomic mass is 10.2. The van der Waals surface area contributed by atoms with Crippen molar-refractivity contribution in [3.63, 3.8) is 0 Å². The van der Waals surface area contributed by atoms with Gasteiger partial charge in [0.15, 0.2) is 11.6 Å². The molecule has 16 heavy (non-hydrogen) atoms. The third kappa shape index (κ3) is 1.98. The van der Waals surface area contributed by atoms with Crippen molar-refractivity contribution in [1.82, 2.24) is 15.0 Å². The molecule has 82 valence electrons. The number of pyridine rings is 1. The Morgan fingerprint density at radius 3 is 2.81 bits per heavy atom. The van der Waals surface area contributed by atoms with E-state index in [4.69, 9.17) is 0 Å². The Kier molecular flexibility index (Phi) is 3.05. The second-order valence-electron chi connectivity index (χ2n) is 3.14. The van der Waals surface area contributed by atoms with Crippen LogP contribution in [0.1, 0.15) is 6.92 Å². The molecule has 0 atom stereocenters. The number of hydrogen-bond acceptors (Lipinski definition) is 4. The van der Waals surface area contributed by atoms with Gasteiger partial charge in [-0.3, -0.25) is 9.97 Å². The first-order valence-corrected chi connectivity index (χ1v) is 4.97. The molecule has 0 radical (unpaired) electrons. The molecule has 4 nitrogen and oxygen atoms in total. The number of hydrogen-bond donors (Lipinski definition) is 1. The van der Waals surface area contributed by atoms with Gasteiger partial charge in [-0.15, -0.1) is 0 Å². The summed E-state index contributed by atoms with van der Waals surface area (Å²) in [6.07, 6.45) is 5.80. The Labute approximate surface area is 92.6 Å². The number of nitrogens with zero attached hydrogens (tertiary/aromatic N) is 3. The molecule has 1 N–H and O–H groups in total. The van der Waals surface area contributed by atoms with Crippen molar-refractivity contribution in [2.75, 3.05) is 11.9 Å². The van der Waals surface area contributed by atoms with E-state index in [-0.39, 0.29) is 0 Å². The molecule has 2 aromatic rings. The highest BCUT2D eigenvalue weighted by atomic mass is 19.1. The molecule has 2 aromatic heterocycles. The van der Waals surface area contributed by atoms with Crippen LogP contribution in [-0.4, -0.2) is 21.5 Å². The molecule has 0 aliphatic rings. The lowest BCUT2D eigenvalue weighted by Gasteiger charge is -2.08. The predicted molar refractivity (Wildman–Crippen MR) is 59.4 cm³/mol. The first-order valence-electron chi connectivity index (χ1n) is 4.97. The van der Waals surface area contributed by atoms with Gasteiger partial charge in [-0.1, -0.05) is 0 Å². The molecule has 0 saturated heterocycles. The zero-order valence-electron chi connectivity index (χ0n) is 8.81. The predicted octanol–water partition coefficient (Wildman–Crippen LogP) is 2.11. The maximum absolute atomic E-state index is 13.5. The van der Waals surface area contributed by atoms with E-state index in [1.807, 2.05) is 6.92 Å². The van der Waals surface area contributed by atoms with Crippen LogP contribution < -0.4 is 5.32 Å². The quantitative estimate of drug-likeness (QED) is 0.857. The largest absolute Gasteiger partial charge is 0.369 e. The van der Waals surface area contributed by atoms with Crippen LogP contribution in [-0.2, 0) is 0 Å². The number of aromatic nitrogens is 3. The van der Waals surface area contributed by atoms with Gasteiger partial charge in [0, 0.05) is 30.7 Å². The van der Waals surface area contributed by atoms with E-state index in [2.05, 4.69) is 20.3 Å². The lowest BCUT2D eigenvalue weighted by Crippen LogP contribution is -2.03. The van der Waals surface area contributed by atoms with Gasteiger partial charge >= 0.3 is 0 Å². The van der Waals surface area contributed by atoms with Gasteiger partial charge in [-0.25, -0.2) is 9.37 Å². The summed E-state index contributed by atoms with van der Waals surface area (Å²) in [7, 11) is 0. The summed E-state index contributed by atoms with van der Waals surface area (Å²) in [6.45, 7) is 2.65. The van der Waals surface area contributed by atoms with E-state index in [1.54, 1.807) is 12.3 Å². The zero-order valence-corrected chi connectivity index (χ0v) is 8.81. The minimum absolute atomic E-state index is 0.401. The number of anilines is 1. The molecule has 0 fully saturated rings. The first kappa shape index (κ1) is 10.5. The topological polar surface area (TPSA) is 50.7 Å².